The predicted octanol–water partition coefficient (Wildman–Crippen LogP) is 1.82. The van der Waals surface area contributed by atoms with Gasteiger partial charge < -0.3 is 5.32 Å². The molecule has 0 unspecified atom stereocenters. The molecule has 0 aliphatic carbocycles. The first-order valence-corrected chi connectivity index (χ1v) is 8.47. The lowest BCUT2D eigenvalue weighted by Crippen LogP contribution is -2.15. The third-order valence-electron chi connectivity index (χ3n) is 3.70. The van der Waals surface area contributed by atoms with E-state index in [4.69, 9.17) is 0 Å². The van der Waals surface area contributed by atoms with Gasteiger partial charge >= 0.3 is 0 Å². The zero-order valence-electron chi connectivity index (χ0n) is 14.3. The second-order valence-corrected chi connectivity index (χ2v) is 6.59. The van der Waals surface area contributed by atoms with E-state index in [0.717, 1.165) is 28.5 Å². The number of rotatable bonds is 4. The Kier molecular flexibility index (Phi) is 4.27. The van der Waals surface area contributed by atoms with Crippen molar-refractivity contribution in [2.24, 2.45) is 7.05 Å². The van der Waals surface area contributed by atoms with Crippen LogP contribution in [0.4, 0.5) is 5.69 Å². The normalized spacial score (nSPS) is 11.2. The van der Waals surface area contributed by atoms with Gasteiger partial charge in [0.05, 0.1) is 22.8 Å². The number of amides is 1. The van der Waals surface area contributed by atoms with Gasteiger partial charge in [0.15, 0.2) is 0 Å². The maximum atomic E-state index is 12.2. The molecule has 0 aliphatic heterocycles. The lowest BCUT2D eigenvalue weighted by Gasteiger charge is -2.04. The van der Waals surface area contributed by atoms with E-state index in [1.165, 1.54) is 11.8 Å². The molecule has 1 N–H and O–H groups in total. The molecule has 126 valence electrons. The number of thioether (sulfide) groups is 1. The van der Waals surface area contributed by atoms with Crippen molar-refractivity contribution in [3.8, 4) is 0 Å². The SMILES string of the molecule is Cc1cc(C)n2nc(SCC(=O)Nc3c(C)nn(C)c3C)nc2n1. The Hall–Kier alpha value is -2.42. The summed E-state index contributed by atoms with van der Waals surface area (Å²) in [5.74, 6) is 0.663. The van der Waals surface area contributed by atoms with Crippen molar-refractivity contribution in [2.75, 3.05) is 11.1 Å². The fourth-order valence-electron chi connectivity index (χ4n) is 2.47. The maximum Gasteiger partial charge on any atom is 0.253 e. The number of aromatic nitrogens is 6. The van der Waals surface area contributed by atoms with Crippen LogP contribution in [-0.4, -0.2) is 41.0 Å². The van der Waals surface area contributed by atoms with Crippen LogP contribution in [0.2, 0.25) is 0 Å². The van der Waals surface area contributed by atoms with Gasteiger partial charge in [0.1, 0.15) is 0 Å². The summed E-state index contributed by atoms with van der Waals surface area (Å²) >= 11 is 1.28. The highest BCUT2D eigenvalue weighted by molar-refractivity contribution is 7.99. The Labute approximate surface area is 143 Å². The van der Waals surface area contributed by atoms with E-state index in [1.807, 2.05) is 40.8 Å². The highest BCUT2D eigenvalue weighted by atomic mass is 32.2. The summed E-state index contributed by atoms with van der Waals surface area (Å²) in [6, 6.07) is 1.94. The van der Waals surface area contributed by atoms with Crippen LogP contribution >= 0.6 is 11.8 Å². The average Bonchev–Trinajstić information content (AvgIpc) is 3.02. The van der Waals surface area contributed by atoms with Crippen molar-refractivity contribution >= 4 is 29.1 Å². The Morgan fingerprint density at radius 3 is 2.62 bits per heavy atom. The summed E-state index contributed by atoms with van der Waals surface area (Å²) in [4.78, 5) is 20.9. The van der Waals surface area contributed by atoms with Gasteiger partial charge in [-0.25, -0.2) is 9.50 Å². The molecule has 3 rings (SSSR count). The van der Waals surface area contributed by atoms with Crippen molar-refractivity contribution in [2.45, 2.75) is 32.9 Å². The Morgan fingerprint density at radius 1 is 1.21 bits per heavy atom. The molecule has 3 heterocycles. The second kappa shape index (κ2) is 6.23. The summed E-state index contributed by atoms with van der Waals surface area (Å²) in [5, 5.41) is 12.1. The van der Waals surface area contributed by atoms with Gasteiger partial charge in [-0.05, 0) is 33.8 Å². The van der Waals surface area contributed by atoms with E-state index in [9.17, 15) is 4.79 Å². The number of hydrogen-bond acceptors (Lipinski definition) is 6. The van der Waals surface area contributed by atoms with Crippen molar-refractivity contribution in [1.29, 1.82) is 0 Å². The molecule has 0 bridgehead atoms. The van der Waals surface area contributed by atoms with E-state index < -0.39 is 0 Å². The Bertz CT molecular complexity index is 928. The van der Waals surface area contributed by atoms with Gasteiger partial charge in [-0.3, -0.25) is 9.48 Å². The monoisotopic (exact) mass is 345 g/mol. The first-order chi connectivity index (χ1) is 11.3. The van der Waals surface area contributed by atoms with Gasteiger partial charge in [-0.1, -0.05) is 11.8 Å². The van der Waals surface area contributed by atoms with E-state index in [1.54, 1.807) is 9.20 Å². The third kappa shape index (κ3) is 3.12. The lowest BCUT2D eigenvalue weighted by atomic mass is 10.3. The topological polar surface area (TPSA) is 90.0 Å². The van der Waals surface area contributed by atoms with Gasteiger partial charge in [-0.2, -0.15) is 10.1 Å². The summed E-state index contributed by atoms with van der Waals surface area (Å²) in [7, 11) is 1.85. The minimum atomic E-state index is -0.112. The molecular formula is C15H19N7OS. The fourth-order valence-corrected chi connectivity index (χ4v) is 3.09. The molecular weight excluding hydrogens is 326 g/mol. The number of fused-ring (bicyclic) bond motifs is 1. The number of carbonyl (C=O) groups is 1. The molecule has 0 saturated carbocycles. The minimum Gasteiger partial charge on any atom is -0.322 e. The van der Waals surface area contributed by atoms with Crippen molar-refractivity contribution in [3.05, 3.63) is 28.8 Å². The lowest BCUT2D eigenvalue weighted by molar-refractivity contribution is -0.113. The molecule has 0 atom stereocenters. The molecule has 0 radical (unpaired) electrons. The quantitative estimate of drug-likeness (QED) is 0.726. The van der Waals surface area contributed by atoms with E-state index in [-0.39, 0.29) is 11.7 Å². The van der Waals surface area contributed by atoms with Gasteiger partial charge in [-0.15, -0.1) is 5.10 Å². The summed E-state index contributed by atoms with van der Waals surface area (Å²) in [6.07, 6.45) is 0. The molecule has 0 aromatic carbocycles. The molecule has 1 amide bonds. The van der Waals surface area contributed by atoms with E-state index in [0.29, 0.717) is 10.9 Å². The van der Waals surface area contributed by atoms with Crippen LogP contribution in [0.1, 0.15) is 22.8 Å². The second-order valence-electron chi connectivity index (χ2n) is 5.65. The largest absolute Gasteiger partial charge is 0.322 e. The summed E-state index contributed by atoms with van der Waals surface area (Å²) in [6.45, 7) is 7.66. The first kappa shape index (κ1) is 16.4. The molecule has 24 heavy (non-hydrogen) atoms. The average molecular weight is 345 g/mol. The number of aryl methyl sites for hydroxylation is 4. The van der Waals surface area contributed by atoms with Gasteiger partial charge in [0.25, 0.3) is 5.78 Å². The van der Waals surface area contributed by atoms with Gasteiger partial charge in [0.2, 0.25) is 11.1 Å². The highest BCUT2D eigenvalue weighted by Gasteiger charge is 2.14. The van der Waals surface area contributed by atoms with Crippen LogP contribution in [0, 0.1) is 27.7 Å². The molecule has 0 aliphatic rings. The number of nitrogens with one attached hydrogen (secondary N) is 1. The Balaban J connectivity index is 1.69. The first-order valence-electron chi connectivity index (χ1n) is 7.49. The zero-order chi connectivity index (χ0) is 17.4. The van der Waals surface area contributed by atoms with Crippen LogP contribution in [-0.2, 0) is 11.8 Å². The standard InChI is InChI=1S/C15H19N7OS/c1-8-6-9(2)22-14(16-8)18-15(20-22)24-7-12(23)17-13-10(3)19-21(5)11(13)4/h6H,7H2,1-5H3,(H,17,23). The summed E-state index contributed by atoms with van der Waals surface area (Å²) < 4.78 is 3.43. The summed E-state index contributed by atoms with van der Waals surface area (Å²) in [5.41, 5.74) is 4.34. The van der Waals surface area contributed by atoms with Crippen molar-refractivity contribution < 1.29 is 4.79 Å². The van der Waals surface area contributed by atoms with Crippen molar-refractivity contribution in [1.82, 2.24) is 29.4 Å². The van der Waals surface area contributed by atoms with Crippen LogP contribution in [0.5, 0.6) is 0 Å². The number of hydrogen-bond donors (Lipinski definition) is 1. The van der Waals surface area contributed by atoms with Crippen LogP contribution < -0.4 is 5.32 Å². The molecule has 9 heteroatoms. The van der Waals surface area contributed by atoms with Gasteiger partial charge in [0, 0.05) is 18.4 Å². The zero-order valence-corrected chi connectivity index (χ0v) is 15.1. The van der Waals surface area contributed by atoms with Crippen LogP contribution in [0.3, 0.4) is 0 Å². The maximum absolute atomic E-state index is 12.2. The molecule has 0 saturated heterocycles. The molecule has 0 spiro atoms. The highest BCUT2D eigenvalue weighted by Crippen LogP contribution is 2.20. The molecule has 0 fully saturated rings. The Morgan fingerprint density at radius 2 is 1.96 bits per heavy atom. The molecule has 3 aromatic rings. The third-order valence-corrected chi connectivity index (χ3v) is 4.54. The molecule has 3 aromatic heterocycles. The number of nitrogens with zero attached hydrogens (tertiary/aromatic N) is 6. The fraction of sp³-hybridized carbons (Fsp3) is 0.400. The predicted molar refractivity (Wildman–Crippen MR) is 92.3 cm³/mol. The van der Waals surface area contributed by atoms with Crippen LogP contribution in [0.25, 0.3) is 5.78 Å². The smallest absolute Gasteiger partial charge is 0.253 e. The molecule has 8 nitrogen and oxygen atoms in total. The van der Waals surface area contributed by atoms with Crippen molar-refractivity contribution in [3.63, 3.8) is 0 Å². The van der Waals surface area contributed by atoms with E-state index >= 15 is 0 Å². The number of carbonyl (C=O) groups excluding carboxylic acids is 1. The van der Waals surface area contributed by atoms with Crippen LogP contribution in [0.15, 0.2) is 11.2 Å². The minimum absolute atomic E-state index is 0.112. The number of anilines is 1. The van der Waals surface area contributed by atoms with E-state index in [2.05, 4.69) is 25.5 Å².